The van der Waals surface area contributed by atoms with Crippen LogP contribution in [-0.2, 0) is 10.2 Å². The molecule has 1 aromatic rings. The highest BCUT2D eigenvalue weighted by atomic mass is 35.5. The van der Waals surface area contributed by atoms with Crippen molar-refractivity contribution in [3.05, 3.63) is 28.8 Å². The average molecular weight is 314 g/mol. The lowest BCUT2D eigenvalue weighted by molar-refractivity contribution is 0.194. The fraction of sp³-hybridized carbons (Fsp3) is 0.647. The van der Waals surface area contributed by atoms with Crippen molar-refractivity contribution >= 4 is 11.6 Å². The van der Waals surface area contributed by atoms with E-state index in [1.54, 1.807) is 7.11 Å². The first kappa shape index (κ1) is 18.3. The Bertz CT molecular complexity index is 416. The van der Waals surface area contributed by atoms with E-state index in [0.29, 0.717) is 6.61 Å². The molecule has 0 saturated heterocycles. The van der Waals surface area contributed by atoms with Crippen molar-refractivity contribution in [2.45, 2.75) is 39.0 Å². The number of methoxy groups -OCH3 is 1. The van der Waals surface area contributed by atoms with Gasteiger partial charge in [-0.25, -0.2) is 0 Å². The molecule has 0 fully saturated rings. The molecule has 1 aromatic carbocycles. The summed E-state index contributed by atoms with van der Waals surface area (Å²) in [4.78, 5) is 0. The number of nitrogens with one attached hydrogen (secondary N) is 1. The van der Waals surface area contributed by atoms with Crippen molar-refractivity contribution in [2.75, 3.05) is 33.4 Å². The number of hydrogen-bond acceptors (Lipinski definition) is 3. The summed E-state index contributed by atoms with van der Waals surface area (Å²) in [6.45, 7) is 9.98. The molecule has 0 amide bonds. The van der Waals surface area contributed by atoms with Gasteiger partial charge in [0, 0.05) is 24.3 Å². The summed E-state index contributed by atoms with van der Waals surface area (Å²) in [5.41, 5.74) is 1.18. The van der Waals surface area contributed by atoms with Gasteiger partial charge in [0.2, 0.25) is 0 Å². The Morgan fingerprint density at radius 3 is 2.38 bits per heavy atom. The van der Waals surface area contributed by atoms with Gasteiger partial charge in [-0.05, 0) is 49.5 Å². The van der Waals surface area contributed by atoms with Crippen LogP contribution in [0.15, 0.2) is 18.2 Å². The molecule has 1 rings (SSSR count). The fourth-order valence-electron chi connectivity index (χ4n) is 2.06. The summed E-state index contributed by atoms with van der Waals surface area (Å²) in [5, 5.41) is 4.14. The molecule has 0 aliphatic rings. The lowest BCUT2D eigenvalue weighted by Crippen LogP contribution is -2.20. The van der Waals surface area contributed by atoms with Crippen LogP contribution in [0.25, 0.3) is 0 Å². The summed E-state index contributed by atoms with van der Waals surface area (Å²) < 4.78 is 10.9. The Balaban J connectivity index is 2.35. The van der Waals surface area contributed by atoms with Crippen molar-refractivity contribution in [2.24, 2.45) is 0 Å². The van der Waals surface area contributed by atoms with Gasteiger partial charge in [-0.2, -0.15) is 0 Å². The zero-order valence-electron chi connectivity index (χ0n) is 13.7. The van der Waals surface area contributed by atoms with Gasteiger partial charge in [-0.3, -0.25) is 0 Å². The van der Waals surface area contributed by atoms with Gasteiger partial charge >= 0.3 is 0 Å². The second kappa shape index (κ2) is 9.29. The molecule has 0 aromatic heterocycles. The standard InChI is InChI=1S/C17H28ClNO2/c1-17(2,3)15-13-14(18)7-8-16(15)21-12-6-10-19-9-5-11-20-4/h7-8,13,19H,5-6,9-12H2,1-4H3. The maximum Gasteiger partial charge on any atom is 0.123 e. The monoisotopic (exact) mass is 313 g/mol. The SMILES string of the molecule is COCCCNCCCOc1ccc(Cl)cc1C(C)(C)C. The Labute approximate surface area is 134 Å². The number of benzene rings is 1. The number of halogens is 1. The molecule has 0 unspecified atom stereocenters. The molecular weight excluding hydrogens is 286 g/mol. The van der Waals surface area contributed by atoms with E-state index in [1.165, 1.54) is 0 Å². The zero-order chi connectivity index (χ0) is 15.7. The molecule has 0 radical (unpaired) electrons. The third-order valence-corrected chi connectivity index (χ3v) is 3.44. The van der Waals surface area contributed by atoms with Crippen molar-refractivity contribution in [1.82, 2.24) is 5.32 Å². The topological polar surface area (TPSA) is 30.5 Å². The van der Waals surface area contributed by atoms with E-state index in [0.717, 1.165) is 48.9 Å². The Kier molecular flexibility index (Phi) is 8.09. The molecule has 0 saturated carbocycles. The second-order valence-electron chi connectivity index (χ2n) is 6.19. The molecule has 1 N–H and O–H groups in total. The Morgan fingerprint density at radius 2 is 1.76 bits per heavy atom. The highest BCUT2D eigenvalue weighted by Crippen LogP contribution is 2.33. The highest BCUT2D eigenvalue weighted by Gasteiger charge is 2.19. The van der Waals surface area contributed by atoms with Crippen LogP contribution >= 0.6 is 11.6 Å². The van der Waals surface area contributed by atoms with Crippen LogP contribution < -0.4 is 10.1 Å². The maximum atomic E-state index is 6.09. The zero-order valence-corrected chi connectivity index (χ0v) is 14.4. The van der Waals surface area contributed by atoms with Gasteiger partial charge < -0.3 is 14.8 Å². The van der Waals surface area contributed by atoms with Crippen molar-refractivity contribution < 1.29 is 9.47 Å². The Hall–Kier alpha value is -0.770. The van der Waals surface area contributed by atoms with Crippen LogP contribution in [0.3, 0.4) is 0 Å². The summed E-state index contributed by atoms with van der Waals surface area (Å²) in [7, 11) is 1.73. The minimum atomic E-state index is 0.0264. The van der Waals surface area contributed by atoms with E-state index in [9.17, 15) is 0 Å². The van der Waals surface area contributed by atoms with Gasteiger partial charge in [-0.1, -0.05) is 32.4 Å². The minimum absolute atomic E-state index is 0.0264. The van der Waals surface area contributed by atoms with Gasteiger partial charge in [-0.15, -0.1) is 0 Å². The molecule has 0 aliphatic heterocycles. The first-order valence-corrected chi connectivity index (χ1v) is 7.95. The van der Waals surface area contributed by atoms with Gasteiger partial charge in [0.05, 0.1) is 6.61 Å². The molecule has 120 valence electrons. The first-order valence-electron chi connectivity index (χ1n) is 7.57. The molecular formula is C17H28ClNO2. The van der Waals surface area contributed by atoms with Crippen LogP contribution in [-0.4, -0.2) is 33.4 Å². The molecule has 0 atom stereocenters. The first-order chi connectivity index (χ1) is 9.95. The van der Waals surface area contributed by atoms with Gasteiger partial charge in [0.1, 0.15) is 5.75 Å². The quantitative estimate of drug-likeness (QED) is 0.698. The van der Waals surface area contributed by atoms with E-state index in [4.69, 9.17) is 21.1 Å². The van der Waals surface area contributed by atoms with Gasteiger partial charge in [0.25, 0.3) is 0 Å². The molecule has 0 bridgehead atoms. The summed E-state index contributed by atoms with van der Waals surface area (Å²) in [6.07, 6.45) is 2.03. The molecule has 0 aliphatic carbocycles. The van der Waals surface area contributed by atoms with E-state index < -0.39 is 0 Å². The Morgan fingerprint density at radius 1 is 1.10 bits per heavy atom. The third-order valence-electron chi connectivity index (χ3n) is 3.21. The van der Waals surface area contributed by atoms with Crippen LogP contribution in [0.4, 0.5) is 0 Å². The molecule has 3 nitrogen and oxygen atoms in total. The molecule has 0 heterocycles. The lowest BCUT2D eigenvalue weighted by atomic mass is 9.86. The van der Waals surface area contributed by atoms with Crippen LogP contribution in [0.5, 0.6) is 5.75 Å². The number of rotatable bonds is 9. The van der Waals surface area contributed by atoms with Gasteiger partial charge in [0.15, 0.2) is 0 Å². The largest absolute Gasteiger partial charge is 0.493 e. The third kappa shape index (κ3) is 7.16. The highest BCUT2D eigenvalue weighted by molar-refractivity contribution is 6.30. The van der Waals surface area contributed by atoms with E-state index in [-0.39, 0.29) is 5.41 Å². The average Bonchev–Trinajstić information content (AvgIpc) is 2.42. The molecule has 21 heavy (non-hydrogen) atoms. The van der Waals surface area contributed by atoms with Crippen LogP contribution in [0, 0.1) is 0 Å². The van der Waals surface area contributed by atoms with Crippen LogP contribution in [0.1, 0.15) is 39.2 Å². The predicted molar refractivity (Wildman–Crippen MR) is 89.6 cm³/mol. The lowest BCUT2D eigenvalue weighted by Gasteiger charge is -2.23. The van der Waals surface area contributed by atoms with Crippen molar-refractivity contribution in [3.63, 3.8) is 0 Å². The van der Waals surface area contributed by atoms with Crippen molar-refractivity contribution in [1.29, 1.82) is 0 Å². The van der Waals surface area contributed by atoms with Crippen molar-refractivity contribution in [3.8, 4) is 5.75 Å². The molecule has 4 heteroatoms. The summed E-state index contributed by atoms with van der Waals surface area (Å²) in [5.74, 6) is 0.936. The number of hydrogen-bond donors (Lipinski definition) is 1. The van der Waals surface area contributed by atoms with E-state index in [1.807, 2.05) is 18.2 Å². The van der Waals surface area contributed by atoms with E-state index in [2.05, 4.69) is 26.1 Å². The molecule has 0 spiro atoms. The fourth-order valence-corrected chi connectivity index (χ4v) is 2.23. The number of ether oxygens (including phenoxy) is 2. The second-order valence-corrected chi connectivity index (χ2v) is 6.63. The maximum absolute atomic E-state index is 6.09. The smallest absolute Gasteiger partial charge is 0.123 e. The van der Waals surface area contributed by atoms with E-state index >= 15 is 0 Å². The normalized spacial score (nSPS) is 11.7. The minimum Gasteiger partial charge on any atom is -0.493 e. The summed E-state index contributed by atoms with van der Waals surface area (Å²) >= 11 is 6.09. The summed E-state index contributed by atoms with van der Waals surface area (Å²) in [6, 6.07) is 5.85. The van der Waals surface area contributed by atoms with Crippen LogP contribution in [0.2, 0.25) is 5.02 Å². The predicted octanol–water partition coefficient (Wildman–Crippen LogP) is 4.03.